The second-order valence-corrected chi connectivity index (χ2v) is 3.08. The van der Waals surface area contributed by atoms with Gasteiger partial charge in [0.2, 0.25) is 0 Å². The largest absolute Gasteiger partial charge is 0.323 e. The van der Waals surface area contributed by atoms with E-state index in [9.17, 15) is 10.1 Å². The fraction of sp³-hybridized carbons (Fsp3) is 0.273. The van der Waals surface area contributed by atoms with Crippen LogP contribution in [-0.2, 0) is 4.89 Å². The molecule has 0 bridgehead atoms. The maximum Gasteiger partial charge on any atom is 0.273 e. The van der Waals surface area contributed by atoms with Crippen LogP contribution in [-0.4, -0.2) is 24.3 Å². The molecule has 0 radical (unpaired) electrons. The van der Waals surface area contributed by atoms with E-state index < -0.39 is 4.92 Å². The Kier molecular flexibility index (Phi) is 7.10. The molecule has 2 N–H and O–H groups in total. The minimum Gasteiger partial charge on any atom is -0.323 e. The smallest absolute Gasteiger partial charge is 0.273 e. The number of nitro groups is 1. The topological polar surface area (TPSA) is 84.6 Å². The van der Waals surface area contributed by atoms with Crippen LogP contribution in [0.1, 0.15) is 11.1 Å². The molecule has 17 heavy (non-hydrogen) atoms. The maximum atomic E-state index is 10.5. The van der Waals surface area contributed by atoms with Gasteiger partial charge >= 0.3 is 0 Å². The monoisotopic (exact) mass is 238 g/mol. The summed E-state index contributed by atoms with van der Waals surface area (Å²) < 4.78 is 0. The lowest BCUT2D eigenvalue weighted by molar-refractivity contribution is -0.385. The molecule has 0 fully saturated rings. The van der Waals surface area contributed by atoms with Gasteiger partial charge in [-0.1, -0.05) is 6.07 Å². The molecule has 6 nitrogen and oxygen atoms in total. The molecule has 0 aromatic heterocycles. The number of hydrogen-bond donors (Lipinski definition) is 2. The van der Waals surface area contributed by atoms with Gasteiger partial charge in [0, 0.05) is 17.2 Å². The van der Waals surface area contributed by atoms with Gasteiger partial charge in [-0.05, 0) is 33.0 Å². The Morgan fingerprint density at radius 2 is 2.06 bits per heavy atom. The highest BCUT2D eigenvalue weighted by molar-refractivity contribution is 5.47. The van der Waals surface area contributed by atoms with Crippen molar-refractivity contribution in [2.45, 2.75) is 6.92 Å². The van der Waals surface area contributed by atoms with Crippen molar-refractivity contribution in [1.82, 2.24) is 5.32 Å². The van der Waals surface area contributed by atoms with Crippen LogP contribution in [0.3, 0.4) is 0 Å². The summed E-state index contributed by atoms with van der Waals surface area (Å²) in [4.78, 5) is 13.6. The Labute approximate surface area is 99.3 Å². The summed E-state index contributed by atoms with van der Waals surface area (Å²) in [5.41, 5.74) is 0.969. The molecular weight excluding hydrogens is 224 g/mol. The first-order valence-corrected chi connectivity index (χ1v) is 4.71. The fourth-order valence-corrected chi connectivity index (χ4v) is 0.966. The molecule has 0 aliphatic carbocycles. The predicted molar refractivity (Wildman–Crippen MR) is 63.4 cm³/mol. The van der Waals surface area contributed by atoms with Crippen LogP contribution in [0, 0.1) is 29.1 Å². The molecule has 0 saturated heterocycles. The predicted octanol–water partition coefficient (Wildman–Crippen LogP) is 1.54. The van der Waals surface area contributed by atoms with Crippen molar-refractivity contribution in [3.05, 3.63) is 39.4 Å². The van der Waals surface area contributed by atoms with Crippen LogP contribution in [0.4, 0.5) is 5.69 Å². The van der Waals surface area contributed by atoms with Crippen LogP contribution in [0.15, 0.2) is 18.2 Å². The SMILES string of the molecule is CNC.Cc1ccc(C#COO)cc1[N+](=O)[O-]. The summed E-state index contributed by atoms with van der Waals surface area (Å²) in [6.07, 6.45) is 1.93. The summed E-state index contributed by atoms with van der Waals surface area (Å²) in [6, 6.07) is 4.51. The van der Waals surface area contributed by atoms with Gasteiger partial charge < -0.3 is 5.32 Å². The summed E-state index contributed by atoms with van der Waals surface area (Å²) in [5, 5.41) is 21.2. The summed E-state index contributed by atoms with van der Waals surface area (Å²) >= 11 is 0. The lowest BCUT2D eigenvalue weighted by Gasteiger charge is -1.96. The first kappa shape index (κ1) is 14.9. The van der Waals surface area contributed by atoms with E-state index in [-0.39, 0.29) is 5.69 Å². The average molecular weight is 238 g/mol. The minimum absolute atomic E-state index is 0.00487. The van der Waals surface area contributed by atoms with Crippen LogP contribution in [0.25, 0.3) is 0 Å². The molecular formula is C11H14N2O4. The molecule has 6 heteroatoms. The highest BCUT2D eigenvalue weighted by Gasteiger charge is 2.09. The molecule has 0 unspecified atom stereocenters. The van der Waals surface area contributed by atoms with Crippen LogP contribution >= 0.6 is 0 Å². The number of nitrogens with one attached hydrogen (secondary N) is 1. The van der Waals surface area contributed by atoms with E-state index in [1.165, 1.54) is 6.07 Å². The van der Waals surface area contributed by atoms with Crippen molar-refractivity contribution in [1.29, 1.82) is 0 Å². The summed E-state index contributed by atoms with van der Waals surface area (Å²) in [7, 11) is 3.75. The fourth-order valence-electron chi connectivity index (χ4n) is 0.966. The molecule has 0 atom stereocenters. The molecule has 92 valence electrons. The molecule has 0 spiro atoms. The third-order valence-corrected chi connectivity index (χ3v) is 1.65. The van der Waals surface area contributed by atoms with E-state index >= 15 is 0 Å². The van der Waals surface area contributed by atoms with E-state index in [1.807, 2.05) is 20.2 Å². The number of nitro benzene ring substituents is 1. The lowest BCUT2D eigenvalue weighted by atomic mass is 10.1. The minimum atomic E-state index is -0.486. The molecule has 1 aromatic carbocycles. The van der Waals surface area contributed by atoms with Crippen LogP contribution in [0.5, 0.6) is 0 Å². The second kappa shape index (κ2) is 8.10. The zero-order chi connectivity index (χ0) is 13.3. The van der Waals surface area contributed by atoms with E-state index in [0.717, 1.165) is 0 Å². The van der Waals surface area contributed by atoms with Crippen molar-refractivity contribution < 1.29 is 15.1 Å². The second-order valence-electron chi connectivity index (χ2n) is 3.08. The van der Waals surface area contributed by atoms with E-state index in [2.05, 4.69) is 16.1 Å². The first-order chi connectivity index (χ1) is 8.06. The van der Waals surface area contributed by atoms with E-state index in [1.54, 1.807) is 19.1 Å². The Morgan fingerprint density at radius 3 is 2.53 bits per heavy atom. The molecule has 1 aromatic rings. The summed E-state index contributed by atoms with van der Waals surface area (Å²) in [6.45, 7) is 1.64. The molecule has 0 saturated carbocycles. The Bertz CT molecular complexity index is 435. The van der Waals surface area contributed by atoms with Gasteiger partial charge in [-0.25, -0.2) is 0 Å². The van der Waals surface area contributed by atoms with Crippen LogP contribution < -0.4 is 5.32 Å². The van der Waals surface area contributed by atoms with Gasteiger partial charge in [0.1, 0.15) is 0 Å². The maximum absolute atomic E-state index is 10.5. The lowest BCUT2D eigenvalue weighted by Crippen LogP contribution is -1.92. The Morgan fingerprint density at radius 1 is 1.47 bits per heavy atom. The Balaban J connectivity index is 0.000000770. The highest BCUT2D eigenvalue weighted by atomic mass is 17.1. The third kappa shape index (κ3) is 5.51. The number of aryl methyl sites for hydroxylation is 1. The molecule has 0 aliphatic rings. The van der Waals surface area contributed by atoms with Crippen molar-refractivity contribution in [3.8, 4) is 12.0 Å². The first-order valence-electron chi connectivity index (χ1n) is 4.71. The van der Waals surface area contributed by atoms with E-state index in [0.29, 0.717) is 11.1 Å². The van der Waals surface area contributed by atoms with Gasteiger partial charge in [0.25, 0.3) is 5.69 Å². The van der Waals surface area contributed by atoms with Crippen molar-refractivity contribution >= 4 is 5.69 Å². The zero-order valence-corrected chi connectivity index (χ0v) is 9.85. The highest BCUT2D eigenvalue weighted by Crippen LogP contribution is 2.18. The number of hydrogen-bond acceptors (Lipinski definition) is 5. The van der Waals surface area contributed by atoms with Gasteiger partial charge in [0.05, 0.1) is 4.92 Å². The van der Waals surface area contributed by atoms with Crippen molar-refractivity contribution in [3.63, 3.8) is 0 Å². The molecule has 0 amide bonds. The van der Waals surface area contributed by atoms with Crippen molar-refractivity contribution in [2.24, 2.45) is 0 Å². The Hall–Kier alpha value is -2.10. The molecule has 1 rings (SSSR count). The zero-order valence-electron chi connectivity index (χ0n) is 9.85. The molecule has 0 heterocycles. The number of rotatable bonds is 1. The number of nitrogens with zero attached hydrogens (tertiary/aromatic N) is 1. The van der Waals surface area contributed by atoms with Gasteiger partial charge in [0.15, 0.2) is 6.11 Å². The van der Waals surface area contributed by atoms with Gasteiger partial charge in [-0.3, -0.25) is 15.0 Å². The summed E-state index contributed by atoms with van der Waals surface area (Å²) in [5.74, 6) is 2.39. The van der Waals surface area contributed by atoms with Gasteiger partial charge in [-0.2, -0.15) is 5.26 Å². The average Bonchev–Trinajstić information content (AvgIpc) is 2.28. The third-order valence-electron chi connectivity index (χ3n) is 1.65. The van der Waals surface area contributed by atoms with Gasteiger partial charge in [-0.15, -0.1) is 0 Å². The normalized spacial score (nSPS) is 8.24. The van der Waals surface area contributed by atoms with E-state index in [4.69, 9.17) is 5.26 Å². The quantitative estimate of drug-likeness (QED) is 0.335. The van der Waals surface area contributed by atoms with Crippen LogP contribution in [0.2, 0.25) is 0 Å². The number of benzene rings is 1. The standard InChI is InChI=1S/C9H7NO4.C2H7N/c1-7-2-3-8(4-5-14-13)6-9(7)10(11)12;1-3-2/h2-3,6,13H,1H3;3H,1-2H3. The van der Waals surface area contributed by atoms with Crippen molar-refractivity contribution in [2.75, 3.05) is 14.1 Å². The molecule has 0 aliphatic heterocycles.